The Bertz CT molecular complexity index is 748. The van der Waals surface area contributed by atoms with Crippen LogP contribution in [0.3, 0.4) is 0 Å². The Kier molecular flexibility index (Phi) is 5.49. The van der Waals surface area contributed by atoms with Gasteiger partial charge in [0.2, 0.25) is 0 Å². The van der Waals surface area contributed by atoms with Gasteiger partial charge in [-0.1, -0.05) is 13.0 Å². The second-order valence-electron chi connectivity index (χ2n) is 5.30. The van der Waals surface area contributed by atoms with Crippen LogP contribution in [0.25, 0.3) is 0 Å². The van der Waals surface area contributed by atoms with Crippen LogP contribution in [0.2, 0.25) is 0 Å². The molecule has 1 unspecified atom stereocenters. The molecule has 2 nitrogen and oxygen atoms in total. The minimum atomic E-state index is -4.74. The van der Waals surface area contributed by atoms with Gasteiger partial charge in [-0.3, -0.25) is 0 Å². The molecule has 0 amide bonds. The summed E-state index contributed by atoms with van der Waals surface area (Å²) in [4.78, 5) is 0. The lowest BCUT2D eigenvalue weighted by molar-refractivity contribution is -0.253. The Labute approximate surface area is 140 Å². The lowest BCUT2D eigenvalue weighted by atomic mass is 9.92. The molecule has 2 aromatic carbocycles. The topological polar surface area (TPSA) is 18.5 Å². The van der Waals surface area contributed by atoms with Crippen molar-refractivity contribution >= 4 is 0 Å². The van der Waals surface area contributed by atoms with Crippen LogP contribution >= 0.6 is 0 Å². The minimum absolute atomic E-state index is 0.0403. The smallest absolute Gasteiger partial charge is 0.461 e. The minimum Gasteiger partial charge on any atom is -0.494 e. The highest BCUT2D eigenvalue weighted by atomic mass is 19.3. The van der Waals surface area contributed by atoms with E-state index in [4.69, 9.17) is 4.74 Å². The van der Waals surface area contributed by atoms with Crippen LogP contribution in [0, 0.1) is 11.6 Å². The summed E-state index contributed by atoms with van der Waals surface area (Å²) in [6.45, 7) is 1.61. The fourth-order valence-electron chi connectivity index (χ4n) is 2.23. The van der Waals surface area contributed by atoms with Crippen molar-refractivity contribution in [2.75, 3.05) is 7.11 Å². The van der Waals surface area contributed by atoms with Gasteiger partial charge in [0.15, 0.2) is 11.6 Å². The monoisotopic (exact) mass is 364 g/mol. The second kappa shape index (κ2) is 7.25. The summed E-state index contributed by atoms with van der Waals surface area (Å²) in [7, 11) is 1.27. The third-order valence-electron chi connectivity index (χ3n) is 3.58. The maximum atomic E-state index is 13.7. The summed E-state index contributed by atoms with van der Waals surface area (Å²) in [6, 6.07) is 6.60. The van der Waals surface area contributed by atoms with Gasteiger partial charge in [-0.05, 0) is 35.4 Å². The fraction of sp³-hybridized carbons (Fsp3) is 0.294. The van der Waals surface area contributed by atoms with E-state index in [9.17, 15) is 26.3 Å². The first-order chi connectivity index (χ1) is 11.6. The Hall–Kier alpha value is -2.38. The molecule has 0 aliphatic carbocycles. The molecule has 2 aromatic rings. The maximum absolute atomic E-state index is 13.7. The first-order valence-corrected chi connectivity index (χ1v) is 7.13. The lowest BCUT2D eigenvalue weighted by Gasteiger charge is -2.19. The molecule has 0 N–H and O–H groups in total. The summed E-state index contributed by atoms with van der Waals surface area (Å²) in [5.74, 6) is -2.87. The van der Waals surface area contributed by atoms with Crippen LogP contribution in [-0.4, -0.2) is 19.6 Å². The maximum Gasteiger partial charge on any atom is 0.461 e. The van der Waals surface area contributed by atoms with Gasteiger partial charge in [0.05, 0.1) is 7.11 Å². The zero-order chi connectivity index (χ0) is 18.8. The number of halogens is 6. The van der Waals surface area contributed by atoms with E-state index in [0.29, 0.717) is 11.6 Å². The molecular weight excluding hydrogens is 350 g/mol. The second-order valence-corrected chi connectivity index (χ2v) is 5.30. The summed E-state index contributed by atoms with van der Waals surface area (Å²) < 4.78 is 86.4. The molecule has 2 rings (SSSR count). The molecule has 0 fully saturated rings. The molecule has 0 aliphatic heterocycles. The number of alkyl halides is 4. The van der Waals surface area contributed by atoms with Crippen molar-refractivity contribution in [3.63, 3.8) is 0 Å². The summed E-state index contributed by atoms with van der Waals surface area (Å²) in [5.41, 5.74) is 0.698. The van der Waals surface area contributed by atoms with Crippen molar-refractivity contribution in [1.82, 2.24) is 0 Å². The SMILES string of the molecule is COc1cc(C(C)c2cc(F)cc(OC(F)(F)C(F)F)c2)ccc1F. The van der Waals surface area contributed by atoms with E-state index < -0.39 is 35.8 Å². The van der Waals surface area contributed by atoms with E-state index in [-0.39, 0.29) is 11.3 Å². The van der Waals surface area contributed by atoms with Crippen LogP contribution in [0.5, 0.6) is 11.5 Å². The van der Waals surface area contributed by atoms with Crippen LogP contribution < -0.4 is 9.47 Å². The molecule has 0 saturated carbocycles. The third kappa shape index (κ3) is 4.37. The summed E-state index contributed by atoms with van der Waals surface area (Å²) in [5, 5.41) is 0. The van der Waals surface area contributed by atoms with Gasteiger partial charge in [-0.2, -0.15) is 17.6 Å². The summed E-state index contributed by atoms with van der Waals surface area (Å²) in [6.07, 6.45) is -8.80. The van der Waals surface area contributed by atoms with Crippen molar-refractivity contribution in [3.05, 3.63) is 59.2 Å². The summed E-state index contributed by atoms with van der Waals surface area (Å²) >= 11 is 0. The predicted octanol–water partition coefficient (Wildman–Crippen LogP) is 5.36. The van der Waals surface area contributed by atoms with Gasteiger partial charge in [0.25, 0.3) is 0 Å². The van der Waals surface area contributed by atoms with E-state index in [1.807, 2.05) is 0 Å². The first kappa shape index (κ1) is 19.0. The Balaban J connectivity index is 2.36. The van der Waals surface area contributed by atoms with Crippen molar-refractivity contribution in [1.29, 1.82) is 0 Å². The molecule has 0 heterocycles. The molecule has 25 heavy (non-hydrogen) atoms. The average Bonchev–Trinajstić information content (AvgIpc) is 2.53. The zero-order valence-corrected chi connectivity index (χ0v) is 13.2. The van der Waals surface area contributed by atoms with Crippen molar-refractivity contribution in [2.24, 2.45) is 0 Å². The quantitative estimate of drug-likeness (QED) is 0.643. The first-order valence-electron chi connectivity index (χ1n) is 7.13. The molecule has 8 heteroatoms. The number of hydrogen-bond donors (Lipinski definition) is 0. The number of benzene rings is 2. The highest BCUT2D eigenvalue weighted by molar-refractivity contribution is 5.40. The van der Waals surface area contributed by atoms with Gasteiger partial charge < -0.3 is 9.47 Å². The van der Waals surface area contributed by atoms with Crippen molar-refractivity contribution in [2.45, 2.75) is 25.4 Å². The molecule has 0 bridgehead atoms. The van der Waals surface area contributed by atoms with E-state index >= 15 is 0 Å². The third-order valence-corrected chi connectivity index (χ3v) is 3.58. The number of rotatable bonds is 6. The molecule has 136 valence electrons. The Morgan fingerprint density at radius 3 is 2.24 bits per heavy atom. The van der Waals surface area contributed by atoms with Crippen LogP contribution in [0.15, 0.2) is 36.4 Å². The molecule has 0 aromatic heterocycles. The van der Waals surface area contributed by atoms with E-state index in [1.165, 1.54) is 19.2 Å². The number of methoxy groups -OCH3 is 1. The van der Waals surface area contributed by atoms with Crippen molar-refractivity contribution < 1.29 is 35.8 Å². The average molecular weight is 364 g/mol. The van der Waals surface area contributed by atoms with Gasteiger partial charge in [0.1, 0.15) is 11.6 Å². The van der Waals surface area contributed by atoms with Crippen LogP contribution in [0.4, 0.5) is 26.3 Å². The normalized spacial score (nSPS) is 13.0. The van der Waals surface area contributed by atoms with E-state index in [1.54, 1.807) is 6.92 Å². The Morgan fingerprint density at radius 1 is 0.960 bits per heavy atom. The Morgan fingerprint density at radius 2 is 1.64 bits per heavy atom. The molecule has 0 radical (unpaired) electrons. The van der Waals surface area contributed by atoms with Crippen LogP contribution in [0.1, 0.15) is 24.0 Å². The zero-order valence-electron chi connectivity index (χ0n) is 13.2. The standard InChI is InChI=1S/C17H14F6O2/c1-9(10-3-4-14(19)15(7-10)24-2)11-5-12(18)8-13(6-11)25-17(22,23)16(20)21/h3-9,16H,1-2H3. The largest absolute Gasteiger partial charge is 0.494 e. The van der Waals surface area contributed by atoms with Gasteiger partial charge in [-0.25, -0.2) is 8.78 Å². The van der Waals surface area contributed by atoms with Gasteiger partial charge in [0, 0.05) is 12.0 Å². The molecule has 0 saturated heterocycles. The van der Waals surface area contributed by atoms with Gasteiger partial charge in [-0.15, -0.1) is 0 Å². The molecule has 0 aliphatic rings. The number of ether oxygens (including phenoxy) is 2. The van der Waals surface area contributed by atoms with Gasteiger partial charge >= 0.3 is 12.5 Å². The van der Waals surface area contributed by atoms with E-state index in [2.05, 4.69) is 4.74 Å². The highest BCUT2D eigenvalue weighted by Gasteiger charge is 2.44. The fourth-order valence-corrected chi connectivity index (χ4v) is 2.23. The molecule has 1 atom stereocenters. The molecule has 0 spiro atoms. The lowest BCUT2D eigenvalue weighted by Crippen LogP contribution is -2.33. The number of hydrogen-bond acceptors (Lipinski definition) is 2. The van der Waals surface area contributed by atoms with Crippen LogP contribution in [-0.2, 0) is 0 Å². The van der Waals surface area contributed by atoms with Crippen molar-refractivity contribution in [3.8, 4) is 11.5 Å². The molecular formula is C17H14F6O2. The predicted molar refractivity (Wildman–Crippen MR) is 78.4 cm³/mol. The van der Waals surface area contributed by atoms with E-state index in [0.717, 1.165) is 18.2 Å². The highest BCUT2D eigenvalue weighted by Crippen LogP contribution is 2.33.